The van der Waals surface area contributed by atoms with Gasteiger partial charge in [0.1, 0.15) is 22.2 Å². The van der Waals surface area contributed by atoms with Crippen LogP contribution in [0.5, 0.6) is 5.75 Å². The van der Waals surface area contributed by atoms with E-state index in [1.54, 1.807) is 0 Å². The third-order valence-electron chi connectivity index (χ3n) is 5.75. The van der Waals surface area contributed by atoms with Crippen molar-refractivity contribution in [1.82, 2.24) is 9.88 Å². The summed E-state index contributed by atoms with van der Waals surface area (Å²) in [4.78, 5) is 22.9. The third-order valence-corrected chi connectivity index (χ3v) is 6.89. The van der Waals surface area contributed by atoms with Crippen molar-refractivity contribution in [3.05, 3.63) is 65.2 Å². The van der Waals surface area contributed by atoms with E-state index in [0.717, 1.165) is 45.5 Å². The highest BCUT2D eigenvalue weighted by Crippen LogP contribution is 2.33. The van der Waals surface area contributed by atoms with Gasteiger partial charge in [0.05, 0.1) is 5.69 Å². The van der Waals surface area contributed by atoms with E-state index in [0.29, 0.717) is 13.2 Å². The minimum absolute atomic E-state index is 0.0404. The number of likely N-dealkylation sites (tertiary alicyclic amines) is 1. The Hall–Kier alpha value is -2.70. The van der Waals surface area contributed by atoms with Gasteiger partial charge in [0, 0.05) is 30.8 Å². The summed E-state index contributed by atoms with van der Waals surface area (Å²) in [5, 5.41) is 0.914. The number of carbonyl (C=O) groups excluding carboxylic acids is 1. The zero-order valence-electron chi connectivity index (χ0n) is 16.9. The second-order valence-corrected chi connectivity index (χ2v) is 8.76. The Morgan fingerprint density at radius 2 is 1.73 bits per heavy atom. The smallest absolute Gasteiger partial charge is 0.270 e. The first-order valence-corrected chi connectivity index (χ1v) is 11.4. The van der Waals surface area contributed by atoms with Gasteiger partial charge in [-0.15, -0.1) is 11.3 Å². The van der Waals surface area contributed by atoms with Crippen LogP contribution >= 0.6 is 11.3 Å². The lowest BCUT2D eigenvalue weighted by molar-refractivity contribution is 0.0984. The third kappa shape index (κ3) is 3.98. The minimum atomic E-state index is 0.0404. The van der Waals surface area contributed by atoms with Crippen LogP contribution in [0, 0.1) is 0 Å². The van der Waals surface area contributed by atoms with Crippen LogP contribution in [-0.4, -0.2) is 48.6 Å². The normalized spacial score (nSPS) is 16.7. The number of hydrogen-bond donors (Lipinski definition) is 0. The molecule has 0 atom stereocenters. The molecule has 1 aromatic heterocycles. The average Bonchev–Trinajstić information content (AvgIpc) is 3.46. The number of amides is 1. The van der Waals surface area contributed by atoms with Gasteiger partial charge in [-0.2, -0.15) is 0 Å². The van der Waals surface area contributed by atoms with Gasteiger partial charge in [0.25, 0.3) is 5.91 Å². The molecule has 2 aliphatic heterocycles. The molecule has 3 heterocycles. The summed E-state index contributed by atoms with van der Waals surface area (Å²) in [5.41, 5.74) is 2.89. The number of thiazole rings is 1. The molecule has 154 valence electrons. The van der Waals surface area contributed by atoms with Gasteiger partial charge in [-0.25, -0.2) is 4.98 Å². The van der Waals surface area contributed by atoms with Crippen LogP contribution in [0.25, 0.3) is 10.6 Å². The number of ether oxygens (including phenoxy) is 1. The number of hydrogen-bond acceptors (Lipinski definition) is 5. The maximum absolute atomic E-state index is 13.1. The zero-order valence-corrected chi connectivity index (χ0v) is 17.7. The number of benzene rings is 2. The lowest BCUT2D eigenvalue weighted by Gasteiger charge is -2.26. The highest BCUT2D eigenvalue weighted by molar-refractivity contribution is 7.17. The van der Waals surface area contributed by atoms with Gasteiger partial charge in [0.15, 0.2) is 0 Å². The molecule has 5 rings (SSSR count). The molecule has 2 aliphatic rings. The SMILES string of the molecule is O=C1c2sc(-c3ccccc3)nc2CCN1c1ccc(OCCN2CCCC2)cc1. The summed E-state index contributed by atoms with van der Waals surface area (Å²) < 4.78 is 5.89. The van der Waals surface area contributed by atoms with Crippen molar-refractivity contribution in [3.63, 3.8) is 0 Å². The van der Waals surface area contributed by atoms with Crippen LogP contribution in [-0.2, 0) is 6.42 Å². The Labute approximate surface area is 180 Å². The summed E-state index contributed by atoms with van der Waals surface area (Å²) >= 11 is 1.49. The number of aromatic nitrogens is 1. The predicted molar refractivity (Wildman–Crippen MR) is 121 cm³/mol. The largest absolute Gasteiger partial charge is 0.492 e. The fourth-order valence-corrected chi connectivity index (χ4v) is 5.17. The minimum Gasteiger partial charge on any atom is -0.492 e. The molecule has 0 N–H and O–H groups in total. The summed E-state index contributed by atoms with van der Waals surface area (Å²) in [7, 11) is 0. The van der Waals surface area contributed by atoms with Gasteiger partial charge in [-0.1, -0.05) is 30.3 Å². The number of nitrogens with zero attached hydrogens (tertiary/aromatic N) is 3. The lowest BCUT2D eigenvalue weighted by atomic mass is 10.1. The number of fused-ring (bicyclic) bond motifs is 1. The van der Waals surface area contributed by atoms with Crippen LogP contribution in [0.4, 0.5) is 5.69 Å². The van der Waals surface area contributed by atoms with Gasteiger partial charge in [-0.05, 0) is 50.2 Å². The van der Waals surface area contributed by atoms with Crippen molar-refractivity contribution < 1.29 is 9.53 Å². The van der Waals surface area contributed by atoms with E-state index in [2.05, 4.69) is 4.90 Å². The molecule has 0 unspecified atom stereocenters. The number of anilines is 1. The molecule has 3 aromatic rings. The van der Waals surface area contributed by atoms with E-state index < -0.39 is 0 Å². The van der Waals surface area contributed by atoms with Crippen LogP contribution < -0.4 is 9.64 Å². The van der Waals surface area contributed by atoms with E-state index in [1.165, 1.54) is 37.3 Å². The van der Waals surface area contributed by atoms with Crippen molar-refractivity contribution in [2.75, 3.05) is 37.7 Å². The number of carbonyl (C=O) groups is 1. The van der Waals surface area contributed by atoms with Gasteiger partial charge in [0.2, 0.25) is 0 Å². The molecule has 0 saturated carbocycles. The van der Waals surface area contributed by atoms with Gasteiger partial charge >= 0.3 is 0 Å². The summed E-state index contributed by atoms with van der Waals surface area (Å²) in [5.74, 6) is 0.894. The Kier molecular flexibility index (Phi) is 5.51. The highest BCUT2D eigenvalue weighted by Gasteiger charge is 2.29. The molecule has 0 aliphatic carbocycles. The van der Waals surface area contributed by atoms with Crippen molar-refractivity contribution >= 4 is 22.9 Å². The molecular weight excluding hydrogens is 394 g/mol. The van der Waals surface area contributed by atoms with E-state index in [4.69, 9.17) is 9.72 Å². The quantitative estimate of drug-likeness (QED) is 0.591. The molecule has 0 bridgehead atoms. The summed E-state index contributed by atoms with van der Waals surface area (Å²) in [6.45, 7) is 4.70. The standard InChI is InChI=1S/C24H25N3O2S/c28-24-22-21(25-23(30-22)18-6-2-1-3-7-18)12-15-27(24)19-8-10-20(11-9-19)29-17-16-26-13-4-5-14-26/h1-3,6-11H,4-5,12-17H2. The molecule has 2 aromatic carbocycles. The van der Waals surface area contributed by atoms with Crippen LogP contribution in [0.1, 0.15) is 28.2 Å². The van der Waals surface area contributed by atoms with E-state index in [-0.39, 0.29) is 5.91 Å². The monoisotopic (exact) mass is 419 g/mol. The average molecular weight is 420 g/mol. The molecule has 0 spiro atoms. The first-order chi connectivity index (χ1) is 14.8. The lowest BCUT2D eigenvalue weighted by Crippen LogP contribution is -2.36. The van der Waals surface area contributed by atoms with Crippen LogP contribution in [0.15, 0.2) is 54.6 Å². The molecule has 1 amide bonds. The molecule has 1 fully saturated rings. The fraction of sp³-hybridized carbons (Fsp3) is 0.333. The fourth-order valence-electron chi connectivity index (χ4n) is 4.10. The van der Waals surface area contributed by atoms with Crippen LogP contribution in [0.3, 0.4) is 0 Å². The Balaban J connectivity index is 1.25. The first kappa shape index (κ1) is 19.3. The summed E-state index contributed by atoms with van der Waals surface area (Å²) in [6.07, 6.45) is 3.37. The van der Waals surface area contributed by atoms with Crippen molar-refractivity contribution in [1.29, 1.82) is 0 Å². The maximum atomic E-state index is 13.1. The maximum Gasteiger partial charge on any atom is 0.270 e. The molecule has 0 radical (unpaired) electrons. The highest BCUT2D eigenvalue weighted by atomic mass is 32.1. The van der Waals surface area contributed by atoms with Crippen LogP contribution in [0.2, 0.25) is 0 Å². The molecule has 5 nitrogen and oxygen atoms in total. The molecular formula is C24H25N3O2S. The first-order valence-electron chi connectivity index (χ1n) is 10.6. The van der Waals surface area contributed by atoms with E-state index >= 15 is 0 Å². The second-order valence-electron chi connectivity index (χ2n) is 7.76. The molecule has 6 heteroatoms. The Morgan fingerprint density at radius 3 is 2.50 bits per heavy atom. The van der Waals surface area contributed by atoms with Crippen molar-refractivity contribution in [2.24, 2.45) is 0 Å². The topological polar surface area (TPSA) is 45.7 Å². The molecule has 30 heavy (non-hydrogen) atoms. The number of rotatable bonds is 6. The van der Waals surface area contributed by atoms with Gasteiger partial charge < -0.3 is 9.64 Å². The Bertz CT molecular complexity index is 1010. The summed E-state index contributed by atoms with van der Waals surface area (Å²) in [6, 6.07) is 17.9. The zero-order chi connectivity index (χ0) is 20.3. The van der Waals surface area contributed by atoms with E-state index in [9.17, 15) is 4.79 Å². The van der Waals surface area contributed by atoms with Crippen molar-refractivity contribution in [3.8, 4) is 16.3 Å². The Morgan fingerprint density at radius 1 is 0.967 bits per heavy atom. The van der Waals surface area contributed by atoms with Gasteiger partial charge in [-0.3, -0.25) is 9.69 Å². The second kappa shape index (κ2) is 8.58. The van der Waals surface area contributed by atoms with E-state index in [1.807, 2.05) is 59.5 Å². The van der Waals surface area contributed by atoms with Crippen molar-refractivity contribution in [2.45, 2.75) is 19.3 Å². The molecule has 1 saturated heterocycles. The predicted octanol–water partition coefficient (Wildman–Crippen LogP) is 4.49.